The van der Waals surface area contributed by atoms with Crippen LogP contribution in [-0.2, 0) is 10.2 Å². The molecule has 0 atom stereocenters. The van der Waals surface area contributed by atoms with Crippen molar-refractivity contribution < 1.29 is 9.53 Å². The van der Waals surface area contributed by atoms with E-state index in [-0.39, 0.29) is 17.9 Å². The second-order valence-electron chi connectivity index (χ2n) is 7.36. The minimum absolute atomic E-state index is 0.0603. The lowest BCUT2D eigenvalue weighted by Crippen LogP contribution is -2.21. The molecule has 0 fully saturated rings. The van der Waals surface area contributed by atoms with Crippen molar-refractivity contribution in [1.29, 1.82) is 0 Å². The average Bonchev–Trinajstić information content (AvgIpc) is 3.08. The molecule has 0 saturated carbocycles. The number of hydrogen-bond donors (Lipinski definition) is 1. The van der Waals surface area contributed by atoms with Crippen LogP contribution < -0.4 is 10.1 Å². The summed E-state index contributed by atoms with van der Waals surface area (Å²) in [4.78, 5) is 12.2. The van der Waals surface area contributed by atoms with Gasteiger partial charge in [-0.05, 0) is 24.0 Å². The van der Waals surface area contributed by atoms with Crippen molar-refractivity contribution in [2.24, 2.45) is 0 Å². The number of para-hydroxylation sites is 1. The molecule has 5 nitrogen and oxygen atoms in total. The third-order valence-corrected chi connectivity index (χ3v) is 4.91. The van der Waals surface area contributed by atoms with Gasteiger partial charge in [-0.1, -0.05) is 80.1 Å². The van der Waals surface area contributed by atoms with Gasteiger partial charge in [0, 0.05) is 5.56 Å². The molecule has 140 valence electrons. The van der Waals surface area contributed by atoms with Crippen molar-refractivity contribution in [3.8, 4) is 16.3 Å². The van der Waals surface area contributed by atoms with Crippen LogP contribution in [0.1, 0.15) is 31.9 Å². The van der Waals surface area contributed by atoms with Gasteiger partial charge < -0.3 is 4.74 Å². The monoisotopic (exact) mass is 381 g/mol. The molecule has 0 aliphatic heterocycles. The fraction of sp³-hybridized carbons (Fsp3) is 0.286. The van der Waals surface area contributed by atoms with Gasteiger partial charge in [0.2, 0.25) is 5.13 Å². The second-order valence-corrected chi connectivity index (χ2v) is 8.34. The van der Waals surface area contributed by atoms with Crippen LogP contribution in [0, 0.1) is 6.92 Å². The van der Waals surface area contributed by atoms with Crippen LogP contribution in [0.4, 0.5) is 5.13 Å². The number of aromatic nitrogens is 2. The van der Waals surface area contributed by atoms with E-state index in [1.807, 2.05) is 55.5 Å². The highest BCUT2D eigenvalue weighted by Crippen LogP contribution is 2.31. The van der Waals surface area contributed by atoms with Crippen LogP contribution in [0.25, 0.3) is 10.6 Å². The number of nitrogens with zero attached hydrogens (tertiary/aromatic N) is 2. The molecule has 0 radical (unpaired) electrons. The lowest BCUT2D eigenvalue weighted by atomic mass is 9.86. The number of anilines is 1. The zero-order chi connectivity index (χ0) is 19.4. The predicted octanol–water partition coefficient (Wildman–Crippen LogP) is 4.83. The Labute approximate surface area is 163 Å². The first-order valence-electron chi connectivity index (χ1n) is 8.75. The Hall–Kier alpha value is -2.73. The first-order valence-corrected chi connectivity index (χ1v) is 9.57. The number of ether oxygens (including phenoxy) is 1. The quantitative estimate of drug-likeness (QED) is 0.688. The van der Waals surface area contributed by atoms with Gasteiger partial charge >= 0.3 is 0 Å². The fourth-order valence-electron chi connectivity index (χ4n) is 2.60. The van der Waals surface area contributed by atoms with E-state index in [2.05, 4.69) is 36.3 Å². The van der Waals surface area contributed by atoms with Gasteiger partial charge in [0.25, 0.3) is 5.91 Å². The molecular formula is C21H23N3O2S. The summed E-state index contributed by atoms with van der Waals surface area (Å²) in [6, 6.07) is 15.8. The molecule has 0 aliphatic carbocycles. The van der Waals surface area contributed by atoms with Crippen LogP contribution in [0.2, 0.25) is 0 Å². The maximum atomic E-state index is 12.2. The smallest absolute Gasteiger partial charge is 0.264 e. The maximum Gasteiger partial charge on any atom is 0.264 e. The lowest BCUT2D eigenvalue weighted by molar-refractivity contribution is -0.118. The van der Waals surface area contributed by atoms with Crippen molar-refractivity contribution in [2.45, 2.75) is 33.1 Å². The lowest BCUT2D eigenvalue weighted by Gasteiger charge is -2.22. The third kappa shape index (κ3) is 4.92. The molecule has 1 amide bonds. The van der Waals surface area contributed by atoms with Crippen molar-refractivity contribution in [3.05, 3.63) is 59.7 Å². The molecule has 2 aromatic carbocycles. The van der Waals surface area contributed by atoms with Crippen molar-refractivity contribution in [1.82, 2.24) is 10.2 Å². The van der Waals surface area contributed by atoms with E-state index in [4.69, 9.17) is 4.74 Å². The highest BCUT2D eigenvalue weighted by molar-refractivity contribution is 7.18. The number of rotatable bonds is 5. The average molecular weight is 382 g/mol. The van der Waals surface area contributed by atoms with Crippen LogP contribution >= 0.6 is 11.3 Å². The molecule has 27 heavy (non-hydrogen) atoms. The van der Waals surface area contributed by atoms with E-state index in [1.165, 1.54) is 16.9 Å². The molecule has 0 saturated heterocycles. The van der Waals surface area contributed by atoms with E-state index in [0.717, 1.165) is 21.9 Å². The van der Waals surface area contributed by atoms with Crippen LogP contribution in [0.5, 0.6) is 5.75 Å². The SMILES string of the molecule is Cc1ccc(-c2nnc(NC(=O)COc3ccccc3C(C)(C)C)s2)cc1. The number of hydrogen-bond acceptors (Lipinski definition) is 5. The largest absolute Gasteiger partial charge is 0.483 e. The number of carbonyl (C=O) groups is 1. The minimum atomic E-state index is -0.259. The number of amides is 1. The summed E-state index contributed by atoms with van der Waals surface area (Å²) < 4.78 is 5.75. The summed E-state index contributed by atoms with van der Waals surface area (Å²) in [5, 5.41) is 12.2. The minimum Gasteiger partial charge on any atom is -0.483 e. The topological polar surface area (TPSA) is 64.1 Å². The predicted molar refractivity (Wildman–Crippen MR) is 109 cm³/mol. The van der Waals surface area contributed by atoms with Gasteiger partial charge in [-0.2, -0.15) is 0 Å². The Balaban J connectivity index is 1.62. The molecule has 1 N–H and O–H groups in total. The summed E-state index contributed by atoms with van der Waals surface area (Å²) in [7, 11) is 0. The van der Waals surface area contributed by atoms with Crippen LogP contribution in [0.15, 0.2) is 48.5 Å². The summed E-state index contributed by atoms with van der Waals surface area (Å²) in [6.45, 7) is 8.30. The van der Waals surface area contributed by atoms with Gasteiger partial charge in [-0.3, -0.25) is 10.1 Å². The molecule has 1 heterocycles. The van der Waals surface area contributed by atoms with Gasteiger partial charge in [0.05, 0.1) is 0 Å². The second kappa shape index (κ2) is 7.88. The van der Waals surface area contributed by atoms with E-state index in [9.17, 15) is 4.79 Å². The Bertz CT molecular complexity index is 927. The molecular weight excluding hydrogens is 358 g/mol. The van der Waals surface area contributed by atoms with E-state index >= 15 is 0 Å². The summed E-state index contributed by atoms with van der Waals surface area (Å²) in [6.07, 6.45) is 0. The molecule has 0 aliphatic rings. The molecule has 0 bridgehead atoms. The van der Waals surface area contributed by atoms with Crippen molar-refractivity contribution >= 4 is 22.4 Å². The molecule has 1 aromatic heterocycles. The summed E-state index contributed by atoms with van der Waals surface area (Å²) >= 11 is 1.34. The summed E-state index contributed by atoms with van der Waals surface area (Å²) in [5.41, 5.74) is 3.17. The number of nitrogens with one attached hydrogen (secondary N) is 1. The standard InChI is InChI=1S/C21H23N3O2S/c1-14-9-11-15(12-10-14)19-23-24-20(27-19)22-18(25)13-26-17-8-6-5-7-16(17)21(2,3)4/h5-12H,13H2,1-4H3,(H,22,24,25). The van der Waals surface area contributed by atoms with E-state index in [1.54, 1.807) is 0 Å². The van der Waals surface area contributed by atoms with Crippen LogP contribution in [0.3, 0.4) is 0 Å². The Morgan fingerprint density at radius 2 is 1.78 bits per heavy atom. The van der Waals surface area contributed by atoms with Gasteiger partial charge in [0.1, 0.15) is 10.8 Å². The molecule has 0 unspecified atom stereocenters. The van der Waals surface area contributed by atoms with Gasteiger partial charge in [-0.25, -0.2) is 0 Å². The fourth-order valence-corrected chi connectivity index (χ4v) is 3.36. The zero-order valence-corrected chi connectivity index (χ0v) is 16.8. The molecule has 3 aromatic rings. The zero-order valence-electron chi connectivity index (χ0n) is 15.9. The van der Waals surface area contributed by atoms with Crippen molar-refractivity contribution in [2.75, 3.05) is 11.9 Å². The first kappa shape index (κ1) is 19.0. The molecule has 0 spiro atoms. The Kier molecular flexibility index (Phi) is 5.56. The highest BCUT2D eigenvalue weighted by atomic mass is 32.1. The normalized spacial score (nSPS) is 11.3. The third-order valence-electron chi connectivity index (χ3n) is 4.02. The number of carbonyl (C=O) groups excluding carboxylic acids is 1. The van der Waals surface area contributed by atoms with E-state index < -0.39 is 0 Å². The Morgan fingerprint density at radius 1 is 1.07 bits per heavy atom. The summed E-state index contributed by atoms with van der Waals surface area (Å²) in [5.74, 6) is 0.461. The molecule has 3 rings (SSSR count). The highest BCUT2D eigenvalue weighted by Gasteiger charge is 2.19. The number of aryl methyl sites for hydroxylation is 1. The van der Waals surface area contributed by atoms with Crippen LogP contribution in [-0.4, -0.2) is 22.7 Å². The Morgan fingerprint density at radius 3 is 2.48 bits per heavy atom. The number of benzene rings is 2. The molecule has 6 heteroatoms. The van der Waals surface area contributed by atoms with Crippen molar-refractivity contribution in [3.63, 3.8) is 0 Å². The van der Waals surface area contributed by atoms with E-state index in [0.29, 0.717) is 5.13 Å². The van der Waals surface area contributed by atoms with Gasteiger partial charge in [-0.15, -0.1) is 10.2 Å². The first-order chi connectivity index (χ1) is 12.8. The van der Waals surface area contributed by atoms with Gasteiger partial charge in [0.15, 0.2) is 6.61 Å². The maximum absolute atomic E-state index is 12.2.